The van der Waals surface area contributed by atoms with Crippen LogP contribution in [-0.2, 0) is 12.8 Å². The molecule has 0 bridgehead atoms. The van der Waals surface area contributed by atoms with Gasteiger partial charge in [0.15, 0.2) is 0 Å². The predicted molar refractivity (Wildman–Crippen MR) is 112 cm³/mol. The number of nitrogens with one attached hydrogen (secondary N) is 1. The number of anilines is 2. The van der Waals surface area contributed by atoms with Crippen molar-refractivity contribution in [1.29, 1.82) is 5.26 Å². The molecule has 4 rings (SSSR count). The molecule has 1 aliphatic rings. The fourth-order valence-corrected chi connectivity index (χ4v) is 3.81. The van der Waals surface area contributed by atoms with Gasteiger partial charge in [-0.1, -0.05) is 23.7 Å². The minimum absolute atomic E-state index is 0.570. The van der Waals surface area contributed by atoms with Gasteiger partial charge in [-0.25, -0.2) is 4.98 Å². The molecule has 4 nitrogen and oxygen atoms in total. The maximum absolute atomic E-state index is 10.0. The Balaban J connectivity index is 1.87. The van der Waals surface area contributed by atoms with Crippen molar-refractivity contribution >= 4 is 23.1 Å². The van der Waals surface area contributed by atoms with Gasteiger partial charge >= 0.3 is 0 Å². The summed E-state index contributed by atoms with van der Waals surface area (Å²) in [4.78, 5) is 4.83. The molecule has 0 amide bonds. The van der Waals surface area contributed by atoms with E-state index in [4.69, 9.17) is 21.3 Å². The lowest BCUT2D eigenvalue weighted by atomic mass is 9.86. The SMILES string of the molecule is COc1ccc(-c2c(C#N)c(Nc3ccc(Cl)cc3)nc3c2CCCC3)cc1. The Morgan fingerprint density at radius 3 is 2.43 bits per heavy atom. The lowest BCUT2D eigenvalue weighted by Gasteiger charge is -2.22. The van der Waals surface area contributed by atoms with E-state index in [2.05, 4.69) is 11.4 Å². The van der Waals surface area contributed by atoms with Crippen molar-refractivity contribution < 1.29 is 4.74 Å². The number of hydrogen-bond acceptors (Lipinski definition) is 4. The molecule has 5 heteroatoms. The molecule has 1 aromatic heterocycles. The van der Waals surface area contributed by atoms with E-state index in [1.54, 1.807) is 7.11 Å². The van der Waals surface area contributed by atoms with Crippen molar-refractivity contribution in [3.8, 4) is 22.9 Å². The molecule has 0 saturated carbocycles. The molecular formula is C23H20ClN3O. The first-order valence-corrected chi connectivity index (χ1v) is 9.70. The number of halogens is 1. The number of hydrogen-bond donors (Lipinski definition) is 1. The molecule has 0 spiro atoms. The number of ether oxygens (including phenoxy) is 1. The van der Waals surface area contributed by atoms with Crippen LogP contribution in [-0.4, -0.2) is 12.1 Å². The van der Waals surface area contributed by atoms with Crippen molar-refractivity contribution in [2.45, 2.75) is 25.7 Å². The Labute approximate surface area is 169 Å². The first kappa shape index (κ1) is 18.3. The molecular weight excluding hydrogens is 370 g/mol. The number of aromatic nitrogens is 1. The van der Waals surface area contributed by atoms with Crippen LogP contribution in [0.3, 0.4) is 0 Å². The number of nitrogens with zero attached hydrogens (tertiary/aromatic N) is 2. The average molecular weight is 390 g/mol. The number of nitriles is 1. The molecule has 1 heterocycles. The number of fused-ring (bicyclic) bond motifs is 1. The Morgan fingerprint density at radius 2 is 1.75 bits per heavy atom. The van der Waals surface area contributed by atoms with Crippen LogP contribution in [0.25, 0.3) is 11.1 Å². The van der Waals surface area contributed by atoms with E-state index in [0.717, 1.165) is 53.9 Å². The summed E-state index contributed by atoms with van der Waals surface area (Å²) in [6.07, 6.45) is 4.11. The quantitative estimate of drug-likeness (QED) is 0.603. The smallest absolute Gasteiger partial charge is 0.149 e. The highest BCUT2D eigenvalue weighted by atomic mass is 35.5. The zero-order valence-corrected chi connectivity index (χ0v) is 16.4. The summed E-state index contributed by atoms with van der Waals surface area (Å²) in [7, 11) is 1.65. The Kier molecular flexibility index (Phi) is 5.18. The molecule has 1 aliphatic carbocycles. The van der Waals surface area contributed by atoms with Gasteiger partial charge in [0.05, 0.1) is 7.11 Å². The third-order valence-corrected chi connectivity index (χ3v) is 5.32. The molecule has 3 aromatic rings. The summed E-state index contributed by atoms with van der Waals surface area (Å²) in [5.74, 6) is 1.39. The highest BCUT2D eigenvalue weighted by molar-refractivity contribution is 6.30. The third-order valence-electron chi connectivity index (χ3n) is 5.07. The van der Waals surface area contributed by atoms with Crippen molar-refractivity contribution in [3.63, 3.8) is 0 Å². The fraction of sp³-hybridized carbons (Fsp3) is 0.217. The molecule has 2 aromatic carbocycles. The second-order valence-electron chi connectivity index (χ2n) is 6.81. The Bertz CT molecular complexity index is 1040. The lowest BCUT2D eigenvalue weighted by Crippen LogP contribution is -2.12. The normalized spacial score (nSPS) is 12.8. The monoisotopic (exact) mass is 389 g/mol. The van der Waals surface area contributed by atoms with Crippen LogP contribution in [0, 0.1) is 11.3 Å². The van der Waals surface area contributed by atoms with Crippen LogP contribution in [0.2, 0.25) is 5.02 Å². The molecule has 0 fully saturated rings. The number of benzene rings is 2. The second kappa shape index (κ2) is 7.92. The third kappa shape index (κ3) is 3.54. The van der Waals surface area contributed by atoms with E-state index < -0.39 is 0 Å². The standard InChI is InChI=1S/C23H20ClN3O/c1-28-18-12-6-15(7-13-18)22-19-4-2-3-5-21(19)27-23(20(22)14-25)26-17-10-8-16(24)9-11-17/h6-13H,2-5H2,1H3,(H,26,27). The average Bonchev–Trinajstić information content (AvgIpc) is 2.74. The first-order chi connectivity index (χ1) is 13.7. The zero-order valence-electron chi connectivity index (χ0n) is 15.6. The molecule has 140 valence electrons. The summed E-state index contributed by atoms with van der Waals surface area (Å²) in [5.41, 5.74) is 5.68. The van der Waals surface area contributed by atoms with Gasteiger partial charge in [-0.05, 0) is 73.2 Å². The summed E-state index contributed by atoms with van der Waals surface area (Å²) in [6.45, 7) is 0. The van der Waals surface area contributed by atoms with E-state index in [1.165, 1.54) is 5.56 Å². The molecule has 28 heavy (non-hydrogen) atoms. The van der Waals surface area contributed by atoms with Gasteiger partial charge < -0.3 is 10.1 Å². The predicted octanol–water partition coefficient (Wildman–Crippen LogP) is 5.90. The number of pyridine rings is 1. The minimum atomic E-state index is 0.570. The fourth-order valence-electron chi connectivity index (χ4n) is 3.69. The minimum Gasteiger partial charge on any atom is -0.497 e. The molecule has 0 unspecified atom stereocenters. The van der Waals surface area contributed by atoms with Crippen LogP contribution >= 0.6 is 11.6 Å². The Morgan fingerprint density at radius 1 is 1.04 bits per heavy atom. The van der Waals surface area contributed by atoms with E-state index in [0.29, 0.717) is 16.4 Å². The van der Waals surface area contributed by atoms with Gasteiger partial charge in [0.25, 0.3) is 0 Å². The van der Waals surface area contributed by atoms with E-state index in [9.17, 15) is 5.26 Å². The van der Waals surface area contributed by atoms with E-state index in [1.807, 2.05) is 48.5 Å². The maximum Gasteiger partial charge on any atom is 0.149 e. The van der Waals surface area contributed by atoms with Crippen molar-refractivity contribution in [3.05, 3.63) is 70.4 Å². The number of aryl methyl sites for hydroxylation is 1. The summed E-state index contributed by atoms with van der Waals surface area (Å²) in [5, 5.41) is 14.0. The van der Waals surface area contributed by atoms with Crippen LogP contribution < -0.4 is 10.1 Å². The molecule has 1 N–H and O–H groups in total. The van der Waals surface area contributed by atoms with Crippen LogP contribution in [0.5, 0.6) is 5.75 Å². The summed E-state index contributed by atoms with van der Waals surface area (Å²) in [6, 6.07) is 17.7. The summed E-state index contributed by atoms with van der Waals surface area (Å²) < 4.78 is 5.29. The van der Waals surface area contributed by atoms with E-state index >= 15 is 0 Å². The van der Waals surface area contributed by atoms with Gasteiger partial charge in [-0.3, -0.25) is 0 Å². The van der Waals surface area contributed by atoms with Gasteiger partial charge in [0.1, 0.15) is 23.2 Å². The van der Waals surface area contributed by atoms with Gasteiger partial charge in [-0.2, -0.15) is 5.26 Å². The molecule has 0 saturated heterocycles. The second-order valence-corrected chi connectivity index (χ2v) is 7.25. The zero-order chi connectivity index (χ0) is 19.5. The lowest BCUT2D eigenvalue weighted by molar-refractivity contribution is 0.415. The van der Waals surface area contributed by atoms with Crippen molar-refractivity contribution in [1.82, 2.24) is 4.98 Å². The maximum atomic E-state index is 10.0. The Hall–Kier alpha value is -3.03. The van der Waals surface area contributed by atoms with Gasteiger partial charge in [0, 0.05) is 22.0 Å². The highest BCUT2D eigenvalue weighted by Crippen LogP contribution is 2.38. The van der Waals surface area contributed by atoms with E-state index in [-0.39, 0.29) is 0 Å². The van der Waals surface area contributed by atoms with Crippen LogP contribution in [0.1, 0.15) is 29.7 Å². The molecule has 0 atom stereocenters. The summed E-state index contributed by atoms with van der Waals surface area (Å²) >= 11 is 5.99. The molecule has 0 radical (unpaired) electrons. The topological polar surface area (TPSA) is 57.9 Å². The first-order valence-electron chi connectivity index (χ1n) is 9.32. The van der Waals surface area contributed by atoms with Crippen molar-refractivity contribution in [2.24, 2.45) is 0 Å². The van der Waals surface area contributed by atoms with Gasteiger partial charge in [0.2, 0.25) is 0 Å². The van der Waals surface area contributed by atoms with Gasteiger partial charge in [-0.15, -0.1) is 0 Å². The van der Waals surface area contributed by atoms with Crippen LogP contribution in [0.4, 0.5) is 11.5 Å². The van der Waals surface area contributed by atoms with Crippen molar-refractivity contribution in [2.75, 3.05) is 12.4 Å². The number of methoxy groups -OCH3 is 1. The molecule has 0 aliphatic heterocycles. The largest absolute Gasteiger partial charge is 0.497 e. The highest BCUT2D eigenvalue weighted by Gasteiger charge is 2.23. The van der Waals surface area contributed by atoms with Crippen LogP contribution in [0.15, 0.2) is 48.5 Å². The number of rotatable bonds is 4.